The fourth-order valence-electron chi connectivity index (χ4n) is 0.392. The maximum Gasteiger partial charge on any atom is 0.458 e. The lowest BCUT2D eigenvalue weighted by Gasteiger charge is -2.27. The van der Waals surface area contributed by atoms with Crippen molar-refractivity contribution in [2.75, 3.05) is 14.2 Å². The monoisotopic (exact) mass is 274 g/mol. The minimum atomic E-state index is -6.12. The molecule has 0 saturated carbocycles. The van der Waals surface area contributed by atoms with E-state index in [2.05, 4.69) is 4.74 Å². The maximum absolute atomic E-state index is 12.1. The Hall–Kier alpha value is -0.570. The van der Waals surface area contributed by atoms with Crippen LogP contribution in [0, 0.1) is 0 Å². The average Bonchev–Trinajstić information content (AvgIpc) is 2.13. The lowest BCUT2D eigenvalue weighted by Crippen LogP contribution is -2.54. The predicted octanol–water partition coefficient (Wildman–Crippen LogP) is 3.46. The van der Waals surface area contributed by atoms with Gasteiger partial charge in [-0.2, -0.15) is 30.7 Å². The number of halogens is 7. The van der Waals surface area contributed by atoms with Gasteiger partial charge in [-0.25, -0.2) is 0 Å². The van der Waals surface area contributed by atoms with Gasteiger partial charge >= 0.3 is 18.2 Å². The van der Waals surface area contributed by atoms with Gasteiger partial charge in [-0.1, -0.05) is 0 Å². The Balaban J connectivity index is 0. The molecule has 0 bridgehead atoms. The molecule has 0 atom stereocenters. The van der Waals surface area contributed by atoms with Crippen molar-refractivity contribution in [2.45, 2.75) is 38.2 Å². The highest BCUT2D eigenvalue weighted by atomic mass is 19.4. The largest absolute Gasteiger partial charge is 0.458 e. The second-order valence-electron chi connectivity index (χ2n) is 3.08. The van der Waals surface area contributed by atoms with Crippen LogP contribution in [0.5, 0.6) is 0 Å². The van der Waals surface area contributed by atoms with Crippen molar-refractivity contribution in [1.82, 2.24) is 0 Å². The molecule has 0 aromatic heterocycles. The van der Waals surface area contributed by atoms with E-state index in [0.29, 0.717) is 6.10 Å². The summed E-state index contributed by atoms with van der Waals surface area (Å²) < 4.78 is 87.8. The molecule has 0 spiro atoms. The second-order valence-corrected chi connectivity index (χ2v) is 3.08. The Morgan fingerprint density at radius 2 is 1.00 bits per heavy atom. The molecule has 0 radical (unpaired) electrons. The molecule has 0 N–H and O–H groups in total. The fourth-order valence-corrected chi connectivity index (χ4v) is 0.392. The Labute approximate surface area is 93.7 Å². The third kappa shape index (κ3) is 5.53. The van der Waals surface area contributed by atoms with Gasteiger partial charge in [0.1, 0.15) is 0 Å². The summed E-state index contributed by atoms with van der Waals surface area (Å²) in [4.78, 5) is 0. The van der Waals surface area contributed by atoms with Crippen LogP contribution >= 0.6 is 0 Å². The Kier molecular flexibility index (Phi) is 7.06. The standard InChI is InChI=1S/C4H3F7O.C4H10O/c1-12-2(5,3(6,7)8)4(9,10)11;1-4(2)5-3/h1H3;4H,1-3H3. The zero-order chi connectivity index (χ0) is 14.5. The van der Waals surface area contributed by atoms with E-state index in [4.69, 9.17) is 4.74 Å². The van der Waals surface area contributed by atoms with E-state index in [0.717, 1.165) is 0 Å². The lowest BCUT2D eigenvalue weighted by atomic mass is 10.3. The summed E-state index contributed by atoms with van der Waals surface area (Å²) >= 11 is 0. The number of rotatable bonds is 2. The molecule has 0 aliphatic rings. The summed E-state index contributed by atoms with van der Waals surface area (Å²) in [6.45, 7) is 4.00. The van der Waals surface area contributed by atoms with Crippen LogP contribution in [-0.4, -0.2) is 38.5 Å². The molecule has 0 rings (SSSR count). The first-order valence-electron chi connectivity index (χ1n) is 4.23. The first-order chi connectivity index (χ1) is 7.33. The molecule has 0 amide bonds. The first kappa shape index (κ1) is 18.8. The predicted molar refractivity (Wildman–Crippen MR) is 45.1 cm³/mol. The van der Waals surface area contributed by atoms with Crippen molar-refractivity contribution in [2.24, 2.45) is 0 Å². The Bertz CT molecular complexity index is 195. The van der Waals surface area contributed by atoms with E-state index in [1.165, 1.54) is 0 Å². The molecule has 2 nitrogen and oxygen atoms in total. The van der Waals surface area contributed by atoms with Gasteiger partial charge in [0.25, 0.3) is 0 Å². The third-order valence-corrected chi connectivity index (χ3v) is 1.48. The van der Waals surface area contributed by atoms with Crippen molar-refractivity contribution in [3.05, 3.63) is 0 Å². The van der Waals surface area contributed by atoms with Gasteiger partial charge in [0, 0.05) is 14.2 Å². The molecular weight excluding hydrogens is 261 g/mol. The smallest absolute Gasteiger partial charge is 0.382 e. The number of ether oxygens (including phenoxy) is 2. The zero-order valence-electron chi connectivity index (χ0n) is 9.54. The van der Waals surface area contributed by atoms with Crippen LogP contribution in [0.15, 0.2) is 0 Å². The Morgan fingerprint density at radius 1 is 0.765 bits per heavy atom. The minimum absolute atomic E-state index is 0.0129. The molecule has 0 heterocycles. The molecule has 106 valence electrons. The van der Waals surface area contributed by atoms with Gasteiger partial charge in [-0.3, -0.25) is 0 Å². The van der Waals surface area contributed by atoms with Gasteiger partial charge in [0.2, 0.25) is 0 Å². The van der Waals surface area contributed by atoms with Crippen molar-refractivity contribution in [1.29, 1.82) is 0 Å². The van der Waals surface area contributed by atoms with Crippen molar-refractivity contribution in [3.8, 4) is 0 Å². The summed E-state index contributed by atoms with van der Waals surface area (Å²) in [5.41, 5.74) is 0. The highest BCUT2D eigenvalue weighted by Gasteiger charge is 2.74. The van der Waals surface area contributed by atoms with E-state index >= 15 is 0 Å². The van der Waals surface area contributed by atoms with E-state index in [-0.39, 0.29) is 7.11 Å². The van der Waals surface area contributed by atoms with Gasteiger partial charge in [0.15, 0.2) is 0 Å². The van der Waals surface area contributed by atoms with Crippen LogP contribution in [-0.2, 0) is 9.47 Å². The lowest BCUT2D eigenvalue weighted by molar-refractivity contribution is -0.424. The van der Waals surface area contributed by atoms with Crippen LogP contribution < -0.4 is 0 Å². The molecule has 0 aromatic carbocycles. The second kappa shape index (κ2) is 6.39. The molecule has 9 heteroatoms. The topological polar surface area (TPSA) is 18.5 Å². The van der Waals surface area contributed by atoms with Crippen LogP contribution in [0.4, 0.5) is 30.7 Å². The number of hydrogen-bond donors (Lipinski definition) is 0. The molecule has 17 heavy (non-hydrogen) atoms. The van der Waals surface area contributed by atoms with Gasteiger partial charge < -0.3 is 9.47 Å². The SMILES string of the molecule is COC(C)C.COC(F)(C(F)(F)F)C(F)(F)F. The third-order valence-electron chi connectivity index (χ3n) is 1.48. The van der Waals surface area contributed by atoms with Gasteiger partial charge in [0.05, 0.1) is 6.10 Å². The Morgan fingerprint density at radius 3 is 1.00 bits per heavy atom. The van der Waals surface area contributed by atoms with Crippen LogP contribution in [0.3, 0.4) is 0 Å². The quantitative estimate of drug-likeness (QED) is 0.718. The molecule has 0 aromatic rings. The van der Waals surface area contributed by atoms with E-state index in [1.54, 1.807) is 7.11 Å². The van der Waals surface area contributed by atoms with Crippen molar-refractivity contribution >= 4 is 0 Å². The summed E-state index contributed by atoms with van der Waals surface area (Å²) in [7, 11) is 1.69. The summed E-state index contributed by atoms with van der Waals surface area (Å²) in [5, 5.41) is 0. The zero-order valence-corrected chi connectivity index (χ0v) is 9.54. The highest BCUT2D eigenvalue weighted by molar-refractivity contribution is 4.84. The first-order valence-corrected chi connectivity index (χ1v) is 4.23. The minimum Gasteiger partial charge on any atom is -0.382 e. The number of hydrogen-bond acceptors (Lipinski definition) is 2. The summed E-state index contributed by atoms with van der Waals surface area (Å²) in [6, 6.07) is 0. The van der Waals surface area contributed by atoms with Crippen LogP contribution in [0.25, 0.3) is 0 Å². The van der Waals surface area contributed by atoms with Gasteiger partial charge in [-0.05, 0) is 13.8 Å². The van der Waals surface area contributed by atoms with Crippen LogP contribution in [0.1, 0.15) is 13.8 Å². The molecule has 0 unspecified atom stereocenters. The molecule has 0 aliphatic heterocycles. The van der Waals surface area contributed by atoms with E-state index in [9.17, 15) is 30.7 Å². The molecule has 0 fully saturated rings. The number of methoxy groups -OCH3 is 2. The van der Waals surface area contributed by atoms with Gasteiger partial charge in [-0.15, -0.1) is 0 Å². The molecular formula is C8H13F7O2. The average molecular weight is 274 g/mol. The van der Waals surface area contributed by atoms with Crippen LogP contribution in [0.2, 0.25) is 0 Å². The summed E-state index contributed by atoms with van der Waals surface area (Å²) in [5.74, 6) is -5.58. The normalized spacial score (nSPS) is 13.4. The van der Waals surface area contributed by atoms with Crippen molar-refractivity contribution < 1.29 is 40.2 Å². The van der Waals surface area contributed by atoms with Crippen molar-refractivity contribution in [3.63, 3.8) is 0 Å². The van der Waals surface area contributed by atoms with E-state index in [1.807, 2.05) is 13.8 Å². The molecule has 0 saturated heterocycles. The molecule has 0 aliphatic carbocycles. The maximum atomic E-state index is 12.1. The number of alkyl halides is 7. The highest BCUT2D eigenvalue weighted by Crippen LogP contribution is 2.46. The fraction of sp³-hybridized carbons (Fsp3) is 1.00. The summed E-state index contributed by atoms with van der Waals surface area (Å²) in [6.07, 6.45) is -11.9. The van der Waals surface area contributed by atoms with E-state index < -0.39 is 18.2 Å².